The van der Waals surface area contributed by atoms with Crippen molar-refractivity contribution in [1.82, 2.24) is 4.98 Å². The van der Waals surface area contributed by atoms with Gasteiger partial charge in [0.25, 0.3) is 0 Å². The Labute approximate surface area is 133 Å². The molecule has 2 aromatic carbocycles. The first-order valence-electron chi connectivity index (χ1n) is 7.31. The smallest absolute Gasteiger partial charge is 0.242 e. The van der Waals surface area contributed by atoms with E-state index >= 15 is 0 Å². The minimum absolute atomic E-state index is 0.000185. The van der Waals surface area contributed by atoms with Crippen LogP contribution in [0.4, 0.5) is 5.69 Å². The molecule has 4 rings (SSSR count). The number of nitrogens with zero attached hydrogens (tertiary/aromatic N) is 1. The molecule has 1 amide bonds. The van der Waals surface area contributed by atoms with E-state index in [2.05, 4.69) is 23.2 Å². The summed E-state index contributed by atoms with van der Waals surface area (Å²) in [5.41, 5.74) is 4.40. The number of para-hydroxylation sites is 2. The predicted octanol–water partition coefficient (Wildman–Crippen LogP) is 4.04. The summed E-state index contributed by atoms with van der Waals surface area (Å²) in [6, 6.07) is 16.2. The fourth-order valence-electron chi connectivity index (χ4n) is 3.38. The molecule has 0 saturated heterocycles. The average Bonchev–Trinajstić information content (AvgIpc) is 3.15. The second kappa shape index (κ2) is 5.18. The van der Waals surface area contributed by atoms with Gasteiger partial charge in [0, 0.05) is 28.4 Å². The molecule has 22 heavy (non-hydrogen) atoms. The largest absolute Gasteiger partial charge is 0.361 e. The van der Waals surface area contributed by atoms with Crippen molar-refractivity contribution in [2.75, 3.05) is 10.8 Å². The molecular weight excluding hydrogens is 296 g/mol. The monoisotopic (exact) mass is 310 g/mol. The van der Waals surface area contributed by atoms with Gasteiger partial charge in [0.15, 0.2) is 0 Å². The number of H-pyrrole nitrogens is 1. The van der Waals surface area contributed by atoms with E-state index in [0.717, 1.165) is 28.6 Å². The van der Waals surface area contributed by atoms with Gasteiger partial charge in [-0.1, -0.05) is 36.4 Å². The van der Waals surface area contributed by atoms with E-state index in [9.17, 15) is 4.79 Å². The number of carbonyl (C=O) groups is 1. The number of carbonyl (C=O) groups excluding carboxylic acids is 1. The van der Waals surface area contributed by atoms with Gasteiger partial charge in [0.05, 0.1) is 6.04 Å². The van der Waals surface area contributed by atoms with Crippen molar-refractivity contribution in [3.05, 3.63) is 65.9 Å². The molecule has 0 saturated carbocycles. The molecule has 1 aromatic heterocycles. The number of hydrogen-bond acceptors (Lipinski definition) is 1. The maximum Gasteiger partial charge on any atom is 0.242 e. The van der Waals surface area contributed by atoms with E-state index < -0.39 is 0 Å². The molecule has 3 aromatic rings. The standard InChI is InChI=1S/C18H15ClN2O/c19-10-18(22)21-16-8-4-1-5-12(16)9-17(21)14-11-20-15-7-3-2-6-13(14)15/h1-8,11,17,20H,9-10H2/t17-/m1/s1. The quantitative estimate of drug-likeness (QED) is 0.713. The zero-order valence-electron chi connectivity index (χ0n) is 11.9. The molecule has 1 aliphatic rings. The normalized spacial score (nSPS) is 17.0. The van der Waals surface area contributed by atoms with E-state index in [4.69, 9.17) is 11.6 Å². The Hall–Kier alpha value is -2.26. The fourth-order valence-corrected chi connectivity index (χ4v) is 3.51. The van der Waals surface area contributed by atoms with Gasteiger partial charge in [-0.2, -0.15) is 0 Å². The first-order chi connectivity index (χ1) is 10.8. The molecule has 1 N–H and O–H groups in total. The maximum absolute atomic E-state index is 12.4. The third-order valence-corrected chi connectivity index (χ3v) is 4.57. The summed E-state index contributed by atoms with van der Waals surface area (Å²) >= 11 is 5.84. The van der Waals surface area contributed by atoms with Gasteiger partial charge in [0.2, 0.25) is 5.91 Å². The lowest BCUT2D eigenvalue weighted by Gasteiger charge is -2.24. The van der Waals surface area contributed by atoms with Crippen LogP contribution in [0.2, 0.25) is 0 Å². The lowest BCUT2D eigenvalue weighted by molar-refractivity contribution is -0.116. The van der Waals surface area contributed by atoms with Crippen molar-refractivity contribution in [3.63, 3.8) is 0 Å². The van der Waals surface area contributed by atoms with E-state index in [0.29, 0.717) is 0 Å². The van der Waals surface area contributed by atoms with E-state index in [-0.39, 0.29) is 17.8 Å². The minimum Gasteiger partial charge on any atom is -0.361 e. The van der Waals surface area contributed by atoms with Gasteiger partial charge in [-0.3, -0.25) is 4.79 Å². The minimum atomic E-state index is -0.0538. The third-order valence-electron chi connectivity index (χ3n) is 4.34. The molecule has 2 heterocycles. The van der Waals surface area contributed by atoms with Gasteiger partial charge in [0.1, 0.15) is 5.88 Å². The Balaban J connectivity index is 1.86. The molecule has 3 nitrogen and oxygen atoms in total. The number of hydrogen-bond donors (Lipinski definition) is 1. The van der Waals surface area contributed by atoms with E-state index in [1.807, 2.05) is 41.4 Å². The van der Waals surface area contributed by atoms with Crippen molar-refractivity contribution in [1.29, 1.82) is 0 Å². The Morgan fingerprint density at radius 1 is 1.18 bits per heavy atom. The zero-order valence-corrected chi connectivity index (χ0v) is 12.7. The summed E-state index contributed by atoms with van der Waals surface area (Å²) in [6.45, 7) is 0. The highest BCUT2D eigenvalue weighted by Gasteiger charge is 2.35. The van der Waals surface area contributed by atoms with Crippen LogP contribution in [-0.2, 0) is 11.2 Å². The van der Waals surface area contributed by atoms with Crippen LogP contribution in [0.5, 0.6) is 0 Å². The molecule has 0 aliphatic carbocycles. The van der Waals surface area contributed by atoms with Gasteiger partial charge in [-0.05, 0) is 24.1 Å². The second-order valence-corrected chi connectivity index (χ2v) is 5.80. The lowest BCUT2D eigenvalue weighted by Crippen LogP contribution is -2.32. The molecule has 4 heteroatoms. The van der Waals surface area contributed by atoms with Gasteiger partial charge >= 0.3 is 0 Å². The molecular formula is C18H15ClN2O. The van der Waals surface area contributed by atoms with Gasteiger partial charge < -0.3 is 9.88 Å². The molecule has 0 spiro atoms. The van der Waals surface area contributed by atoms with Gasteiger partial charge in [-0.25, -0.2) is 0 Å². The number of anilines is 1. The number of amides is 1. The molecule has 0 radical (unpaired) electrons. The second-order valence-electron chi connectivity index (χ2n) is 5.54. The molecule has 0 fully saturated rings. The summed E-state index contributed by atoms with van der Waals surface area (Å²) in [7, 11) is 0. The number of fused-ring (bicyclic) bond motifs is 2. The SMILES string of the molecule is O=C(CCl)N1c2ccccc2C[C@@H]1c1c[nH]c2ccccc12. The lowest BCUT2D eigenvalue weighted by atomic mass is 10.0. The zero-order chi connectivity index (χ0) is 15.1. The van der Waals surface area contributed by atoms with Crippen LogP contribution in [0.3, 0.4) is 0 Å². The predicted molar refractivity (Wildman–Crippen MR) is 89.4 cm³/mol. The Morgan fingerprint density at radius 2 is 1.95 bits per heavy atom. The molecule has 110 valence electrons. The first-order valence-corrected chi connectivity index (χ1v) is 7.85. The fraction of sp³-hybridized carbons (Fsp3) is 0.167. The van der Waals surface area contributed by atoms with Crippen molar-refractivity contribution >= 4 is 34.1 Å². The number of rotatable bonds is 2. The Morgan fingerprint density at radius 3 is 2.82 bits per heavy atom. The molecule has 1 aliphatic heterocycles. The van der Waals surface area contributed by atoms with Crippen LogP contribution in [0.15, 0.2) is 54.7 Å². The first kappa shape index (κ1) is 13.4. The summed E-state index contributed by atoms with van der Waals surface area (Å²) in [5.74, 6) is -0.0606. The van der Waals surface area contributed by atoms with Crippen molar-refractivity contribution in [3.8, 4) is 0 Å². The number of aromatic nitrogens is 1. The maximum atomic E-state index is 12.4. The molecule has 1 atom stereocenters. The van der Waals surface area contributed by atoms with Crippen LogP contribution in [0, 0.1) is 0 Å². The highest BCUT2D eigenvalue weighted by Crippen LogP contribution is 2.42. The van der Waals surface area contributed by atoms with Crippen LogP contribution in [0.25, 0.3) is 10.9 Å². The summed E-state index contributed by atoms with van der Waals surface area (Å²) in [5, 5.41) is 1.16. The molecule has 0 unspecified atom stereocenters. The topological polar surface area (TPSA) is 36.1 Å². The van der Waals surface area contributed by atoms with Crippen molar-refractivity contribution in [2.24, 2.45) is 0 Å². The average molecular weight is 311 g/mol. The van der Waals surface area contributed by atoms with Crippen LogP contribution >= 0.6 is 11.6 Å². The van der Waals surface area contributed by atoms with E-state index in [1.165, 1.54) is 5.56 Å². The number of aromatic amines is 1. The summed E-state index contributed by atoms with van der Waals surface area (Å²) in [4.78, 5) is 17.5. The van der Waals surface area contributed by atoms with E-state index in [1.54, 1.807) is 0 Å². The van der Waals surface area contributed by atoms with Crippen molar-refractivity contribution < 1.29 is 4.79 Å². The number of alkyl halides is 1. The summed E-state index contributed by atoms with van der Waals surface area (Å²) in [6.07, 6.45) is 2.83. The van der Waals surface area contributed by atoms with Crippen LogP contribution < -0.4 is 4.90 Å². The number of halogens is 1. The third kappa shape index (κ3) is 1.93. The highest BCUT2D eigenvalue weighted by atomic mass is 35.5. The Kier molecular flexibility index (Phi) is 3.16. The molecule has 0 bridgehead atoms. The van der Waals surface area contributed by atoms with Gasteiger partial charge in [-0.15, -0.1) is 11.6 Å². The highest BCUT2D eigenvalue weighted by molar-refractivity contribution is 6.29. The van der Waals surface area contributed by atoms with Crippen molar-refractivity contribution in [2.45, 2.75) is 12.5 Å². The summed E-state index contributed by atoms with van der Waals surface area (Å²) < 4.78 is 0. The number of nitrogens with one attached hydrogen (secondary N) is 1. The van der Waals surface area contributed by atoms with Crippen LogP contribution in [0.1, 0.15) is 17.2 Å². The number of benzene rings is 2. The Bertz CT molecular complexity index is 855. The van der Waals surface area contributed by atoms with Crippen LogP contribution in [-0.4, -0.2) is 16.8 Å².